The number of hydrogen-bond donors (Lipinski definition) is 0. The van der Waals surface area contributed by atoms with Crippen LogP contribution in [0.3, 0.4) is 0 Å². The molecule has 3 aromatic rings. The van der Waals surface area contributed by atoms with E-state index in [0.29, 0.717) is 49.3 Å². The van der Waals surface area contributed by atoms with Gasteiger partial charge in [0.15, 0.2) is 22.2 Å². The van der Waals surface area contributed by atoms with Crippen molar-refractivity contribution < 1.29 is 23.4 Å². The van der Waals surface area contributed by atoms with E-state index in [1.807, 2.05) is 45.0 Å². The predicted molar refractivity (Wildman–Crippen MR) is 142 cm³/mol. The first kappa shape index (κ1) is 26.3. The Morgan fingerprint density at radius 2 is 2.00 bits per heavy atom. The monoisotopic (exact) mass is 525 g/mol. The number of fused-ring (bicyclic) bond motifs is 1. The molecule has 196 valence electrons. The third kappa shape index (κ3) is 5.20. The molecular formula is C27H31N3O6S. The minimum atomic E-state index is -0.756. The van der Waals surface area contributed by atoms with Crippen molar-refractivity contribution in [2.24, 2.45) is 4.99 Å². The molecule has 0 fully saturated rings. The van der Waals surface area contributed by atoms with E-state index in [1.54, 1.807) is 45.2 Å². The van der Waals surface area contributed by atoms with E-state index in [2.05, 4.69) is 4.99 Å². The van der Waals surface area contributed by atoms with Crippen LogP contribution in [0.2, 0.25) is 0 Å². The van der Waals surface area contributed by atoms with Crippen molar-refractivity contribution in [1.82, 2.24) is 4.57 Å². The molecule has 1 aliphatic heterocycles. The molecule has 10 heteroatoms. The number of anilines is 1. The highest BCUT2D eigenvalue weighted by atomic mass is 32.1. The highest BCUT2D eigenvalue weighted by Crippen LogP contribution is 2.36. The van der Waals surface area contributed by atoms with Gasteiger partial charge in [0.25, 0.3) is 5.56 Å². The number of aromatic nitrogens is 1. The van der Waals surface area contributed by atoms with Crippen molar-refractivity contribution in [3.05, 3.63) is 72.6 Å². The van der Waals surface area contributed by atoms with Crippen molar-refractivity contribution >= 4 is 29.3 Å². The number of ether oxygens (including phenoxy) is 3. The van der Waals surface area contributed by atoms with E-state index in [-0.39, 0.29) is 18.3 Å². The van der Waals surface area contributed by atoms with Crippen LogP contribution >= 0.6 is 11.3 Å². The molecular weight excluding hydrogens is 494 g/mol. The predicted octanol–water partition coefficient (Wildman–Crippen LogP) is 3.25. The molecule has 3 heterocycles. The van der Waals surface area contributed by atoms with Gasteiger partial charge in [0.1, 0.15) is 5.76 Å². The van der Waals surface area contributed by atoms with Crippen LogP contribution in [0.4, 0.5) is 5.88 Å². The van der Waals surface area contributed by atoms with Crippen LogP contribution < -0.4 is 29.3 Å². The lowest BCUT2D eigenvalue weighted by atomic mass is 9.95. The molecule has 9 nitrogen and oxygen atoms in total. The summed E-state index contributed by atoms with van der Waals surface area (Å²) >= 11 is 1.24. The summed E-state index contributed by atoms with van der Waals surface area (Å²) in [5.41, 5.74) is 1.18. The summed E-state index contributed by atoms with van der Waals surface area (Å²) < 4.78 is 24.6. The first-order valence-electron chi connectivity index (χ1n) is 12.0. The van der Waals surface area contributed by atoms with E-state index in [0.717, 1.165) is 0 Å². The van der Waals surface area contributed by atoms with Crippen molar-refractivity contribution in [1.29, 1.82) is 0 Å². The molecule has 37 heavy (non-hydrogen) atoms. The number of rotatable bonds is 8. The summed E-state index contributed by atoms with van der Waals surface area (Å²) in [6.45, 7) is 7.54. The van der Waals surface area contributed by atoms with Crippen LogP contribution in [0.1, 0.15) is 45.1 Å². The van der Waals surface area contributed by atoms with Crippen LogP contribution in [0.5, 0.6) is 11.5 Å². The molecule has 0 N–H and O–H groups in total. The van der Waals surface area contributed by atoms with E-state index >= 15 is 0 Å². The molecule has 1 aliphatic rings. The highest BCUT2D eigenvalue weighted by Gasteiger charge is 2.34. The maximum absolute atomic E-state index is 13.7. The van der Waals surface area contributed by atoms with Gasteiger partial charge in [0.05, 0.1) is 41.7 Å². The van der Waals surface area contributed by atoms with Gasteiger partial charge in [-0.25, -0.2) is 9.79 Å². The molecule has 0 aliphatic carbocycles. The zero-order chi connectivity index (χ0) is 26.9. The van der Waals surface area contributed by atoms with Crippen LogP contribution in [-0.4, -0.2) is 44.5 Å². The Balaban J connectivity index is 1.92. The zero-order valence-electron chi connectivity index (χ0n) is 22.0. The molecule has 0 spiro atoms. The van der Waals surface area contributed by atoms with E-state index < -0.39 is 12.0 Å². The number of thiazole rings is 1. The van der Waals surface area contributed by atoms with E-state index in [1.165, 1.54) is 15.9 Å². The number of benzene rings is 1. The molecule has 0 unspecified atom stereocenters. The smallest absolute Gasteiger partial charge is 0.338 e. The normalized spacial score (nSPS) is 15.5. The quantitative estimate of drug-likeness (QED) is 0.417. The Labute approximate surface area is 218 Å². The molecule has 0 saturated heterocycles. The first-order valence-corrected chi connectivity index (χ1v) is 12.8. The Bertz CT molecular complexity index is 1530. The summed E-state index contributed by atoms with van der Waals surface area (Å²) in [4.78, 5) is 33.8. The number of nitrogens with zero attached hydrogens (tertiary/aromatic N) is 3. The van der Waals surface area contributed by atoms with Gasteiger partial charge < -0.3 is 23.5 Å². The Kier molecular flexibility index (Phi) is 7.58. The summed E-state index contributed by atoms with van der Waals surface area (Å²) in [7, 11) is 5.31. The van der Waals surface area contributed by atoms with Crippen LogP contribution in [-0.2, 0) is 9.53 Å². The highest BCUT2D eigenvalue weighted by molar-refractivity contribution is 7.07. The SMILES string of the molecule is CCOC(=O)C1=C(C)N=c2s/c(=C\c3ccc(N(C)C)o3)c(=O)n2[C@H]1c1ccc(OC(C)C)c(OC)c1. The zero-order valence-corrected chi connectivity index (χ0v) is 22.8. The topological polar surface area (TPSA) is 95.5 Å². The Morgan fingerprint density at radius 3 is 2.62 bits per heavy atom. The number of hydrogen-bond acceptors (Lipinski definition) is 9. The maximum atomic E-state index is 13.7. The molecule has 0 radical (unpaired) electrons. The second-order valence-corrected chi connectivity index (χ2v) is 9.96. The third-order valence-electron chi connectivity index (χ3n) is 5.71. The van der Waals surface area contributed by atoms with Crippen LogP contribution in [0.15, 0.2) is 55.8 Å². The second-order valence-electron chi connectivity index (χ2n) is 8.95. The van der Waals surface area contributed by atoms with Crippen molar-refractivity contribution in [3.63, 3.8) is 0 Å². The van der Waals surface area contributed by atoms with E-state index in [4.69, 9.17) is 18.6 Å². The number of furan rings is 1. The number of carbonyl (C=O) groups is 1. The van der Waals surface area contributed by atoms with Gasteiger partial charge in [-0.3, -0.25) is 9.36 Å². The van der Waals surface area contributed by atoms with Gasteiger partial charge in [0, 0.05) is 26.2 Å². The third-order valence-corrected chi connectivity index (χ3v) is 6.69. The minimum absolute atomic E-state index is 0.0516. The first-order chi connectivity index (χ1) is 17.6. The number of carbonyl (C=O) groups excluding carboxylic acids is 1. The lowest BCUT2D eigenvalue weighted by Gasteiger charge is -2.25. The average molecular weight is 526 g/mol. The summed E-state index contributed by atoms with van der Waals surface area (Å²) in [6, 6.07) is 8.28. The summed E-state index contributed by atoms with van der Waals surface area (Å²) in [6.07, 6.45) is 1.64. The molecule has 2 aromatic heterocycles. The standard InChI is InChI=1S/C27H31N3O6S/c1-8-34-26(32)23-16(4)28-27-30(24(23)17-9-11-19(35-15(2)3)20(13-17)33-7)25(31)21(37-27)14-18-10-12-22(36-18)29(5)6/h9-15,24H,8H2,1-7H3/b21-14-/t24-/m0/s1. The fraction of sp³-hybridized carbons (Fsp3) is 0.370. The average Bonchev–Trinajstić information content (AvgIpc) is 3.43. The van der Waals surface area contributed by atoms with Crippen molar-refractivity contribution in [2.75, 3.05) is 32.7 Å². The number of esters is 1. The largest absolute Gasteiger partial charge is 0.493 e. The summed E-state index contributed by atoms with van der Waals surface area (Å²) in [5.74, 6) is 1.77. The molecule has 1 atom stereocenters. The summed E-state index contributed by atoms with van der Waals surface area (Å²) in [5, 5.41) is 0. The van der Waals surface area contributed by atoms with Crippen LogP contribution in [0, 0.1) is 0 Å². The van der Waals surface area contributed by atoms with Gasteiger partial charge in [-0.1, -0.05) is 17.4 Å². The van der Waals surface area contributed by atoms with E-state index in [9.17, 15) is 9.59 Å². The molecule has 0 bridgehead atoms. The van der Waals surface area contributed by atoms with Crippen LogP contribution in [0.25, 0.3) is 6.08 Å². The molecule has 0 amide bonds. The number of methoxy groups -OCH3 is 1. The van der Waals surface area contributed by atoms with Gasteiger partial charge in [-0.15, -0.1) is 0 Å². The maximum Gasteiger partial charge on any atom is 0.338 e. The fourth-order valence-corrected chi connectivity index (χ4v) is 5.13. The lowest BCUT2D eigenvalue weighted by molar-refractivity contribution is -0.139. The van der Waals surface area contributed by atoms with Crippen molar-refractivity contribution in [3.8, 4) is 11.5 Å². The Hall–Kier alpha value is -3.79. The van der Waals surface area contributed by atoms with Gasteiger partial charge >= 0.3 is 5.97 Å². The fourth-order valence-electron chi connectivity index (χ4n) is 4.10. The number of allylic oxidation sites excluding steroid dienone is 1. The van der Waals surface area contributed by atoms with Gasteiger partial charge in [-0.2, -0.15) is 0 Å². The minimum Gasteiger partial charge on any atom is -0.493 e. The molecule has 0 saturated carbocycles. The lowest BCUT2D eigenvalue weighted by Crippen LogP contribution is -2.40. The molecule has 4 rings (SSSR count). The van der Waals surface area contributed by atoms with Gasteiger partial charge in [0.2, 0.25) is 0 Å². The van der Waals surface area contributed by atoms with Crippen molar-refractivity contribution in [2.45, 2.75) is 39.8 Å². The van der Waals surface area contributed by atoms with Gasteiger partial charge in [-0.05, 0) is 51.5 Å². The molecule has 1 aromatic carbocycles. The second kappa shape index (κ2) is 10.7. The Morgan fingerprint density at radius 1 is 1.24 bits per heavy atom.